The van der Waals surface area contributed by atoms with Crippen molar-refractivity contribution in [3.8, 4) is 5.75 Å². The Labute approximate surface area is 121 Å². The average Bonchev–Trinajstić information content (AvgIpc) is 2.86. The van der Waals surface area contributed by atoms with Crippen LogP contribution in [-0.4, -0.2) is 42.9 Å². The van der Waals surface area contributed by atoms with Gasteiger partial charge in [-0.3, -0.25) is 4.90 Å². The molecule has 0 bridgehead atoms. The summed E-state index contributed by atoms with van der Waals surface area (Å²) >= 11 is 0. The minimum Gasteiger partial charge on any atom is -0.496 e. The third-order valence-electron chi connectivity index (χ3n) is 4.33. The first-order valence-corrected chi connectivity index (χ1v) is 7.35. The Morgan fingerprint density at radius 2 is 2.00 bits per heavy atom. The number of nitrogens with two attached hydrogens (primary N) is 1. The second-order valence-electron chi connectivity index (χ2n) is 5.84. The van der Waals surface area contributed by atoms with Crippen LogP contribution in [0.5, 0.6) is 5.75 Å². The summed E-state index contributed by atoms with van der Waals surface area (Å²) in [6, 6.07) is 8.02. The number of aliphatic hydroxyl groups is 1. The van der Waals surface area contributed by atoms with E-state index in [2.05, 4.69) is 4.90 Å². The summed E-state index contributed by atoms with van der Waals surface area (Å²) in [7, 11) is 3.71. The van der Waals surface area contributed by atoms with Crippen molar-refractivity contribution in [3.63, 3.8) is 0 Å². The van der Waals surface area contributed by atoms with Gasteiger partial charge in [0.05, 0.1) is 18.8 Å². The number of hydrogen-bond donors (Lipinski definition) is 2. The predicted molar refractivity (Wildman–Crippen MR) is 80.8 cm³/mol. The third-order valence-corrected chi connectivity index (χ3v) is 4.33. The van der Waals surface area contributed by atoms with Crippen LogP contribution in [0.3, 0.4) is 0 Å². The lowest BCUT2D eigenvalue weighted by Crippen LogP contribution is -2.42. The fourth-order valence-electron chi connectivity index (χ4n) is 3.25. The summed E-state index contributed by atoms with van der Waals surface area (Å²) < 4.78 is 5.43. The zero-order valence-electron chi connectivity index (χ0n) is 12.5. The molecular weight excluding hydrogens is 252 g/mol. The van der Waals surface area contributed by atoms with Gasteiger partial charge in [-0.25, -0.2) is 0 Å². The smallest absolute Gasteiger partial charge is 0.123 e. The summed E-state index contributed by atoms with van der Waals surface area (Å²) in [5.41, 5.74) is 6.50. The van der Waals surface area contributed by atoms with Crippen LogP contribution >= 0.6 is 0 Å². The highest BCUT2D eigenvalue weighted by molar-refractivity contribution is 5.36. The molecule has 4 heteroatoms. The number of rotatable bonds is 6. The standard InChI is InChI=1S/C16H26N2O2/c1-18(12-16(19)9-5-6-10-16)14(11-17)13-7-3-4-8-15(13)20-2/h3-4,7-8,14,19H,5-6,9-12,17H2,1-2H3. The lowest BCUT2D eigenvalue weighted by atomic mass is 9.98. The molecule has 1 aliphatic carbocycles. The monoisotopic (exact) mass is 278 g/mol. The molecule has 0 aromatic heterocycles. The highest BCUT2D eigenvalue weighted by Gasteiger charge is 2.34. The molecule has 4 nitrogen and oxygen atoms in total. The second kappa shape index (κ2) is 6.57. The predicted octanol–water partition coefficient (Wildman–Crippen LogP) is 1.93. The van der Waals surface area contributed by atoms with Gasteiger partial charge < -0.3 is 15.6 Å². The van der Waals surface area contributed by atoms with Crippen LogP contribution in [0, 0.1) is 0 Å². The van der Waals surface area contributed by atoms with Crippen molar-refractivity contribution in [2.75, 3.05) is 27.2 Å². The number of likely N-dealkylation sites (N-methyl/N-ethyl adjacent to an activating group) is 1. The summed E-state index contributed by atoms with van der Waals surface area (Å²) in [5.74, 6) is 0.855. The minimum atomic E-state index is -0.551. The van der Waals surface area contributed by atoms with E-state index in [0.29, 0.717) is 13.1 Å². The van der Waals surface area contributed by atoms with Crippen LogP contribution in [0.15, 0.2) is 24.3 Å². The number of ether oxygens (including phenoxy) is 1. The molecule has 1 unspecified atom stereocenters. The zero-order chi connectivity index (χ0) is 14.6. The summed E-state index contributed by atoms with van der Waals surface area (Å²) in [5, 5.41) is 10.6. The van der Waals surface area contributed by atoms with Crippen LogP contribution in [0.25, 0.3) is 0 Å². The molecule has 20 heavy (non-hydrogen) atoms. The van der Waals surface area contributed by atoms with E-state index in [-0.39, 0.29) is 6.04 Å². The van der Waals surface area contributed by atoms with Gasteiger partial charge in [0.1, 0.15) is 5.75 Å². The first-order valence-electron chi connectivity index (χ1n) is 7.35. The van der Waals surface area contributed by atoms with Gasteiger partial charge in [-0.2, -0.15) is 0 Å². The van der Waals surface area contributed by atoms with Crippen LogP contribution in [0.2, 0.25) is 0 Å². The fourth-order valence-corrected chi connectivity index (χ4v) is 3.25. The highest BCUT2D eigenvalue weighted by atomic mass is 16.5. The molecule has 0 aliphatic heterocycles. The highest BCUT2D eigenvalue weighted by Crippen LogP contribution is 2.33. The summed E-state index contributed by atoms with van der Waals surface area (Å²) in [6.07, 6.45) is 4.01. The Bertz CT molecular complexity index is 430. The lowest BCUT2D eigenvalue weighted by molar-refractivity contribution is 0.00568. The Hall–Kier alpha value is -1.10. The Balaban J connectivity index is 2.14. The van der Waals surface area contributed by atoms with Crippen molar-refractivity contribution in [3.05, 3.63) is 29.8 Å². The van der Waals surface area contributed by atoms with Crippen LogP contribution in [0.4, 0.5) is 0 Å². The van der Waals surface area contributed by atoms with E-state index in [0.717, 1.165) is 37.0 Å². The normalized spacial score (nSPS) is 19.2. The molecule has 1 aliphatic rings. The van der Waals surface area contributed by atoms with E-state index in [9.17, 15) is 5.11 Å². The van der Waals surface area contributed by atoms with Gasteiger partial charge in [0.2, 0.25) is 0 Å². The molecule has 0 amide bonds. The van der Waals surface area contributed by atoms with E-state index < -0.39 is 5.60 Å². The molecule has 2 rings (SSSR count). The van der Waals surface area contributed by atoms with Crippen molar-refractivity contribution >= 4 is 0 Å². The molecule has 1 atom stereocenters. The third kappa shape index (κ3) is 3.32. The minimum absolute atomic E-state index is 0.0655. The van der Waals surface area contributed by atoms with Gasteiger partial charge in [0.15, 0.2) is 0 Å². The number of nitrogens with zero attached hydrogens (tertiary/aromatic N) is 1. The van der Waals surface area contributed by atoms with Crippen LogP contribution in [0.1, 0.15) is 37.3 Å². The Morgan fingerprint density at radius 1 is 1.35 bits per heavy atom. The Morgan fingerprint density at radius 3 is 2.60 bits per heavy atom. The number of para-hydroxylation sites is 1. The van der Waals surface area contributed by atoms with E-state index in [1.165, 1.54) is 0 Å². The van der Waals surface area contributed by atoms with Crippen LogP contribution < -0.4 is 10.5 Å². The van der Waals surface area contributed by atoms with Crippen molar-refractivity contribution in [2.45, 2.75) is 37.3 Å². The summed E-state index contributed by atoms with van der Waals surface area (Å²) in [6.45, 7) is 1.17. The van der Waals surface area contributed by atoms with Gasteiger partial charge in [-0.1, -0.05) is 31.0 Å². The van der Waals surface area contributed by atoms with E-state index in [1.807, 2.05) is 31.3 Å². The number of hydrogen-bond acceptors (Lipinski definition) is 4. The molecule has 0 radical (unpaired) electrons. The molecular formula is C16H26N2O2. The van der Waals surface area contributed by atoms with Crippen molar-refractivity contribution in [2.24, 2.45) is 5.73 Å². The van der Waals surface area contributed by atoms with Gasteiger partial charge >= 0.3 is 0 Å². The van der Waals surface area contributed by atoms with Gasteiger partial charge in [0, 0.05) is 18.7 Å². The van der Waals surface area contributed by atoms with Crippen molar-refractivity contribution < 1.29 is 9.84 Å². The molecule has 1 fully saturated rings. The molecule has 0 heterocycles. The number of methoxy groups -OCH3 is 1. The molecule has 1 saturated carbocycles. The Kier molecular flexibility index (Phi) is 5.02. The topological polar surface area (TPSA) is 58.7 Å². The van der Waals surface area contributed by atoms with Crippen molar-refractivity contribution in [1.29, 1.82) is 0 Å². The quantitative estimate of drug-likeness (QED) is 0.835. The van der Waals surface area contributed by atoms with Gasteiger partial charge in [-0.15, -0.1) is 0 Å². The molecule has 0 saturated heterocycles. The maximum Gasteiger partial charge on any atom is 0.123 e. The summed E-state index contributed by atoms with van der Waals surface area (Å²) in [4.78, 5) is 2.16. The SMILES string of the molecule is COc1ccccc1C(CN)N(C)CC1(O)CCCC1. The molecule has 1 aromatic carbocycles. The number of benzene rings is 1. The first kappa shape index (κ1) is 15.3. The van der Waals surface area contributed by atoms with E-state index >= 15 is 0 Å². The van der Waals surface area contributed by atoms with Gasteiger partial charge in [-0.05, 0) is 26.0 Å². The van der Waals surface area contributed by atoms with E-state index in [4.69, 9.17) is 10.5 Å². The van der Waals surface area contributed by atoms with Crippen molar-refractivity contribution in [1.82, 2.24) is 4.90 Å². The lowest BCUT2D eigenvalue weighted by Gasteiger charge is -2.34. The molecule has 112 valence electrons. The van der Waals surface area contributed by atoms with E-state index in [1.54, 1.807) is 7.11 Å². The maximum atomic E-state index is 10.6. The first-order chi connectivity index (χ1) is 9.59. The van der Waals surface area contributed by atoms with Crippen LogP contribution in [-0.2, 0) is 0 Å². The second-order valence-corrected chi connectivity index (χ2v) is 5.84. The van der Waals surface area contributed by atoms with Gasteiger partial charge in [0.25, 0.3) is 0 Å². The molecule has 1 aromatic rings. The average molecular weight is 278 g/mol. The zero-order valence-corrected chi connectivity index (χ0v) is 12.5. The molecule has 0 spiro atoms. The fraction of sp³-hybridized carbons (Fsp3) is 0.625. The maximum absolute atomic E-state index is 10.6. The largest absolute Gasteiger partial charge is 0.496 e. The molecule has 3 N–H and O–H groups in total.